The number of halogens is 2. The average molecular weight is 308 g/mol. The quantitative estimate of drug-likeness (QED) is 0.845. The Kier molecular flexibility index (Phi) is 5.59. The van der Waals surface area contributed by atoms with Crippen molar-refractivity contribution >= 4 is 11.6 Å². The minimum atomic E-state index is -0.272. The van der Waals surface area contributed by atoms with Crippen molar-refractivity contribution in [2.45, 2.75) is 33.0 Å². The van der Waals surface area contributed by atoms with Gasteiger partial charge in [0.2, 0.25) is 0 Å². The van der Waals surface area contributed by atoms with Gasteiger partial charge in [0.1, 0.15) is 18.2 Å². The first kappa shape index (κ1) is 15.8. The average Bonchev–Trinajstić information content (AvgIpc) is 2.45. The lowest BCUT2D eigenvalue weighted by atomic mass is 10.2. The molecule has 0 spiro atoms. The van der Waals surface area contributed by atoms with Crippen LogP contribution in [0.2, 0.25) is 5.02 Å². The van der Waals surface area contributed by atoms with Crippen LogP contribution in [-0.2, 0) is 13.2 Å². The van der Waals surface area contributed by atoms with Crippen molar-refractivity contribution in [1.82, 2.24) is 5.32 Å². The second-order valence-electron chi connectivity index (χ2n) is 5.14. The molecule has 0 aliphatic heterocycles. The number of para-hydroxylation sites is 1. The molecule has 0 saturated carbocycles. The van der Waals surface area contributed by atoms with Gasteiger partial charge in [-0.15, -0.1) is 0 Å². The van der Waals surface area contributed by atoms with Gasteiger partial charge in [-0.05, 0) is 12.1 Å². The molecule has 2 aromatic rings. The molecular formula is C17H19ClFNO. The molecule has 0 amide bonds. The van der Waals surface area contributed by atoms with Crippen LogP contribution in [0.4, 0.5) is 4.39 Å². The summed E-state index contributed by atoms with van der Waals surface area (Å²) in [4.78, 5) is 0. The Morgan fingerprint density at radius 3 is 2.52 bits per heavy atom. The number of nitrogens with one attached hydrogen (secondary N) is 1. The summed E-state index contributed by atoms with van der Waals surface area (Å²) in [5.74, 6) is 0.335. The summed E-state index contributed by atoms with van der Waals surface area (Å²) >= 11 is 6.20. The van der Waals surface area contributed by atoms with E-state index in [1.807, 2.05) is 12.1 Å². The van der Waals surface area contributed by atoms with Crippen molar-refractivity contribution in [3.63, 3.8) is 0 Å². The topological polar surface area (TPSA) is 21.3 Å². The third-order valence-corrected chi connectivity index (χ3v) is 3.38. The van der Waals surface area contributed by atoms with E-state index in [1.54, 1.807) is 24.3 Å². The molecule has 0 saturated heterocycles. The molecule has 0 aliphatic rings. The van der Waals surface area contributed by atoms with E-state index in [2.05, 4.69) is 19.2 Å². The van der Waals surface area contributed by atoms with Crippen LogP contribution >= 0.6 is 11.6 Å². The van der Waals surface area contributed by atoms with Crippen molar-refractivity contribution in [2.75, 3.05) is 0 Å². The number of benzene rings is 2. The Balaban J connectivity index is 2.13. The zero-order valence-corrected chi connectivity index (χ0v) is 13.0. The van der Waals surface area contributed by atoms with Gasteiger partial charge >= 0.3 is 0 Å². The van der Waals surface area contributed by atoms with Gasteiger partial charge < -0.3 is 10.1 Å². The fourth-order valence-electron chi connectivity index (χ4n) is 1.93. The number of rotatable bonds is 6. The lowest BCUT2D eigenvalue weighted by Gasteiger charge is -2.15. The Morgan fingerprint density at radius 1 is 1.10 bits per heavy atom. The largest absolute Gasteiger partial charge is 0.487 e. The first-order valence-electron chi connectivity index (χ1n) is 6.95. The summed E-state index contributed by atoms with van der Waals surface area (Å²) in [6.45, 7) is 4.96. The molecule has 21 heavy (non-hydrogen) atoms. The van der Waals surface area contributed by atoms with E-state index in [-0.39, 0.29) is 12.4 Å². The van der Waals surface area contributed by atoms with Crippen LogP contribution in [0.5, 0.6) is 5.75 Å². The van der Waals surface area contributed by atoms with E-state index >= 15 is 0 Å². The molecule has 4 heteroatoms. The number of hydrogen-bond donors (Lipinski definition) is 1. The van der Waals surface area contributed by atoms with Gasteiger partial charge in [-0.3, -0.25) is 0 Å². The molecule has 0 aliphatic carbocycles. The molecule has 0 unspecified atom stereocenters. The summed E-state index contributed by atoms with van der Waals surface area (Å²) in [5, 5.41) is 3.86. The predicted molar refractivity (Wildman–Crippen MR) is 84.2 cm³/mol. The van der Waals surface area contributed by atoms with Gasteiger partial charge in [0.05, 0.1) is 5.02 Å². The van der Waals surface area contributed by atoms with Crippen LogP contribution < -0.4 is 10.1 Å². The molecule has 0 radical (unpaired) electrons. The number of hydrogen-bond acceptors (Lipinski definition) is 2. The van der Waals surface area contributed by atoms with Crippen molar-refractivity contribution in [3.05, 3.63) is 64.4 Å². The fourth-order valence-corrected chi connectivity index (χ4v) is 2.18. The van der Waals surface area contributed by atoms with Crippen LogP contribution in [0.15, 0.2) is 42.5 Å². The minimum Gasteiger partial charge on any atom is -0.487 e. The summed E-state index contributed by atoms with van der Waals surface area (Å²) in [7, 11) is 0. The standard InChI is InChI=1S/C17H19ClFNO/c1-12(2)20-10-13-7-5-8-15(18)17(13)21-11-14-6-3-4-9-16(14)19/h3-9,12,20H,10-11H2,1-2H3. The lowest BCUT2D eigenvalue weighted by molar-refractivity contribution is 0.296. The molecule has 2 aromatic carbocycles. The fraction of sp³-hybridized carbons (Fsp3) is 0.294. The van der Waals surface area contributed by atoms with Crippen LogP contribution in [0.25, 0.3) is 0 Å². The molecule has 1 N–H and O–H groups in total. The highest BCUT2D eigenvalue weighted by Crippen LogP contribution is 2.29. The van der Waals surface area contributed by atoms with Gasteiger partial charge in [0.15, 0.2) is 0 Å². The maximum atomic E-state index is 13.6. The highest BCUT2D eigenvalue weighted by Gasteiger charge is 2.10. The molecule has 2 rings (SSSR count). The van der Waals surface area contributed by atoms with Crippen LogP contribution in [0.1, 0.15) is 25.0 Å². The van der Waals surface area contributed by atoms with Gasteiger partial charge in [0.25, 0.3) is 0 Å². The van der Waals surface area contributed by atoms with Crippen LogP contribution in [-0.4, -0.2) is 6.04 Å². The summed E-state index contributed by atoms with van der Waals surface area (Å²) < 4.78 is 19.4. The minimum absolute atomic E-state index is 0.158. The molecule has 112 valence electrons. The molecular weight excluding hydrogens is 289 g/mol. The SMILES string of the molecule is CC(C)NCc1cccc(Cl)c1OCc1ccccc1F. The maximum Gasteiger partial charge on any atom is 0.142 e. The maximum absolute atomic E-state index is 13.6. The second-order valence-corrected chi connectivity index (χ2v) is 5.55. The molecule has 0 atom stereocenters. The van der Waals surface area contributed by atoms with E-state index < -0.39 is 0 Å². The Hall–Kier alpha value is -1.58. The second kappa shape index (κ2) is 7.43. The third kappa shape index (κ3) is 4.45. The zero-order valence-electron chi connectivity index (χ0n) is 12.2. The molecule has 0 bridgehead atoms. The van der Waals surface area contributed by atoms with Gasteiger partial charge in [-0.1, -0.05) is 55.8 Å². The lowest BCUT2D eigenvalue weighted by Crippen LogP contribution is -2.22. The molecule has 0 fully saturated rings. The Bertz CT molecular complexity index is 601. The van der Waals surface area contributed by atoms with Gasteiger partial charge in [0, 0.05) is 23.7 Å². The van der Waals surface area contributed by atoms with Crippen molar-refractivity contribution < 1.29 is 9.13 Å². The molecule has 2 nitrogen and oxygen atoms in total. The normalized spacial score (nSPS) is 10.9. The van der Waals surface area contributed by atoms with E-state index in [0.29, 0.717) is 28.9 Å². The van der Waals surface area contributed by atoms with E-state index in [9.17, 15) is 4.39 Å². The molecule has 0 heterocycles. The summed E-state index contributed by atoms with van der Waals surface area (Å²) in [5.41, 5.74) is 1.48. The summed E-state index contributed by atoms with van der Waals surface area (Å²) in [6.07, 6.45) is 0. The smallest absolute Gasteiger partial charge is 0.142 e. The zero-order chi connectivity index (χ0) is 15.2. The van der Waals surface area contributed by atoms with E-state index in [0.717, 1.165) is 5.56 Å². The molecule has 0 aromatic heterocycles. The highest BCUT2D eigenvalue weighted by atomic mass is 35.5. The van der Waals surface area contributed by atoms with E-state index in [4.69, 9.17) is 16.3 Å². The van der Waals surface area contributed by atoms with Gasteiger partial charge in [-0.25, -0.2) is 4.39 Å². The highest BCUT2D eigenvalue weighted by molar-refractivity contribution is 6.32. The first-order chi connectivity index (χ1) is 10.1. The Morgan fingerprint density at radius 2 is 1.81 bits per heavy atom. The predicted octanol–water partition coefficient (Wildman–Crippen LogP) is 4.56. The van der Waals surface area contributed by atoms with Crippen LogP contribution in [0.3, 0.4) is 0 Å². The Labute approximate surface area is 129 Å². The van der Waals surface area contributed by atoms with Crippen LogP contribution in [0, 0.1) is 5.82 Å². The number of ether oxygens (including phenoxy) is 1. The first-order valence-corrected chi connectivity index (χ1v) is 7.32. The van der Waals surface area contributed by atoms with Crippen molar-refractivity contribution in [2.24, 2.45) is 0 Å². The monoisotopic (exact) mass is 307 g/mol. The third-order valence-electron chi connectivity index (χ3n) is 3.08. The van der Waals surface area contributed by atoms with E-state index in [1.165, 1.54) is 6.07 Å². The van der Waals surface area contributed by atoms with Gasteiger partial charge in [-0.2, -0.15) is 0 Å². The van der Waals surface area contributed by atoms with Crippen molar-refractivity contribution in [1.29, 1.82) is 0 Å². The van der Waals surface area contributed by atoms with Crippen molar-refractivity contribution in [3.8, 4) is 5.75 Å². The summed E-state index contributed by atoms with van der Waals surface area (Å²) in [6, 6.07) is 12.6.